The molecule has 2 aromatic carbocycles. The van der Waals surface area contributed by atoms with Crippen LogP contribution in [0.2, 0.25) is 0 Å². The second kappa shape index (κ2) is 10.2. The van der Waals surface area contributed by atoms with E-state index in [1.165, 1.54) is 7.11 Å². The summed E-state index contributed by atoms with van der Waals surface area (Å²) in [6.45, 7) is 0.347. The van der Waals surface area contributed by atoms with Gasteiger partial charge in [0.15, 0.2) is 0 Å². The zero-order chi connectivity index (χ0) is 24.1. The molecule has 4 aromatic rings. The molecule has 0 aliphatic rings. The molecule has 1 atom stereocenters. The number of furan rings is 1. The van der Waals surface area contributed by atoms with Crippen LogP contribution < -0.4 is 10.6 Å². The van der Waals surface area contributed by atoms with E-state index in [1.807, 2.05) is 30.3 Å². The van der Waals surface area contributed by atoms with E-state index in [-0.39, 0.29) is 11.7 Å². The van der Waals surface area contributed by atoms with Gasteiger partial charge in [-0.1, -0.05) is 30.3 Å². The van der Waals surface area contributed by atoms with Crippen molar-refractivity contribution in [2.75, 3.05) is 20.7 Å². The molecule has 0 aliphatic heterocycles. The second-order valence-corrected chi connectivity index (χ2v) is 7.75. The Hall–Kier alpha value is -4.11. The maximum atomic E-state index is 12.9. The number of nitrogens with zero attached hydrogens (tertiary/aromatic N) is 1. The van der Waals surface area contributed by atoms with Crippen molar-refractivity contribution in [2.24, 2.45) is 0 Å². The van der Waals surface area contributed by atoms with Crippen molar-refractivity contribution in [1.29, 1.82) is 0 Å². The fourth-order valence-corrected chi connectivity index (χ4v) is 4.01. The molecule has 0 saturated carbocycles. The van der Waals surface area contributed by atoms with E-state index >= 15 is 0 Å². The number of hydrogen-bond acceptors (Lipinski definition) is 7. The Bertz CT molecular complexity index is 1280. The zero-order valence-corrected chi connectivity index (χ0v) is 18.9. The first-order valence-corrected chi connectivity index (χ1v) is 10.9. The fraction of sp³-hybridized carbons (Fsp3) is 0.240. The van der Waals surface area contributed by atoms with E-state index in [1.54, 1.807) is 31.7 Å². The van der Waals surface area contributed by atoms with Gasteiger partial charge < -0.3 is 29.9 Å². The van der Waals surface area contributed by atoms with Crippen LogP contribution in [-0.2, 0) is 22.4 Å². The van der Waals surface area contributed by atoms with Crippen molar-refractivity contribution >= 4 is 22.8 Å². The van der Waals surface area contributed by atoms with Gasteiger partial charge in [-0.25, -0.2) is 4.98 Å². The summed E-state index contributed by atoms with van der Waals surface area (Å²) in [5, 5.41) is 17.1. The third-order valence-electron chi connectivity index (χ3n) is 5.66. The zero-order valence-electron chi connectivity index (χ0n) is 18.9. The van der Waals surface area contributed by atoms with Gasteiger partial charge in [0.1, 0.15) is 23.1 Å². The highest BCUT2D eigenvalue weighted by atomic mass is 16.5. The van der Waals surface area contributed by atoms with Crippen LogP contribution in [0, 0.1) is 0 Å². The van der Waals surface area contributed by atoms with Crippen molar-refractivity contribution in [3.8, 4) is 17.1 Å². The largest absolute Gasteiger partial charge is 0.508 e. The number of aromatic hydroxyl groups is 1. The summed E-state index contributed by atoms with van der Waals surface area (Å²) < 4.78 is 11.0. The van der Waals surface area contributed by atoms with E-state index in [0.717, 1.165) is 11.3 Å². The maximum absolute atomic E-state index is 12.9. The second-order valence-electron chi connectivity index (χ2n) is 7.75. The predicted octanol–water partition coefficient (Wildman–Crippen LogP) is 2.80. The number of rotatable bonds is 9. The van der Waals surface area contributed by atoms with Crippen molar-refractivity contribution < 1.29 is 23.8 Å². The summed E-state index contributed by atoms with van der Waals surface area (Å²) in [4.78, 5) is 32.1. The van der Waals surface area contributed by atoms with Crippen LogP contribution in [0.25, 0.3) is 22.3 Å². The van der Waals surface area contributed by atoms with Gasteiger partial charge in [-0.15, -0.1) is 0 Å². The van der Waals surface area contributed by atoms with E-state index < -0.39 is 12.0 Å². The van der Waals surface area contributed by atoms with Crippen LogP contribution in [0.5, 0.6) is 5.75 Å². The first-order chi connectivity index (χ1) is 16.5. The van der Waals surface area contributed by atoms with Crippen LogP contribution in [0.1, 0.15) is 21.6 Å². The minimum Gasteiger partial charge on any atom is -0.508 e. The van der Waals surface area contributed by atoms with Gasteiger partial charge in [0, 0.05) is 48.4 Å². The number of aromatic amines is 1. The number of imidazole rings is 1. The Kier molecular flexibility index (Phi) is 6.93. The Morgan fingerprint density at radius 3 is 2.68 bits per heavy atom. The van der Waals surface area contributed by atoms with Crippen molar-refractivity contribution in [1.82, 2.24) is 20.6 Å². The lowest BCUT2D eigenvalue weighted by Crippen LogP contribution is -2.40. The Balaban J connectivity index is 1.67. The Morgan fingerprint density at radius 1 is 1.21 bits per heavy atom. The molecule has 9 nitrogen and oxygen atoms in total. The molecule has 4 N–H and O–H groups in total. The standard InChI is InChI=1S/C25H26N4O5/c1-26-24(31)22-21-17(10-11-28-18(25(32)33-2)12-16-13-27-14-29-16)19(30)8-9-20(21)34-23(22)15-6-4-3-5-7-15/h3-9,13-14,18,28,30H,10-12H2,1-2H3,(H,26,31)(H,27,29)/t18-/m0/s1. The Labute approximate surface area is 196 Å². The summed E-state index contributed by atoms with van der Waals surface area (Å²) in [5.74, 6) is -0.244. The molecule has 176 valence electrons. The molecule has 9 heteroatoms. The lowest BCUT2D eigenvalue weighted by molar-refractivity contribution is -0.143. The molecule has 0 spiro atoms. The number of ether oxygens (including phenoxy) is 1. The van der Waals surface area contributed by atoms with E-state index in [2.05, 4.69) is 20.6 Å². The molecule has 0 unspecified atom stereocenters. The van der Waals surface area contributed by atoms with Gasteiger partial charge in [0.2, 0.25) is 0 Å². The number of H-pyrrole nitrogens is 1. The average molecular weight is 463 g/mol. The smallest absolute Gasteiger partial charge is 0.323 e. The molecule has 0 radical (unpaired) electrons. The highest BCUT2D eigenvalue weighted by Gasteiger charge is 2.26. The van der Waals surface area contributed by atoms with E-state index in [9.17, 15) is 14.7 Å². The average Bonchev–Trinajstić information content (AvgIpc) is 3.52. The fourth-order valence-electron chi connectivity index (χ4n) is 4.01. The minimum absolute atomic E-state index is 0.0445. The van der Waals surface area contributed by atoms with Crippen molar-refractivity contribution in [3.63, 3.8) is 0 Å². The van der Waals surface area contributed by atoms with Crippen LogP contribution in [0.4, 0.5) is 0 Å². The number of carbonyl (C=O) groups is 2. The van der Waals surface area contributed by atoms with Gasteiger partial charge in [0.05, 0.1) is 19.0 Å². The number of benzene rings is 2. The number of nitrogens with one attached hydrogen (secondary N) is 3. The lowest BCUT2D eigenvalue weighted by atomic mass is 9.98. The van der Waals surface area contributed by atoms with Crippen LogP contribution in [0.3, 0.4) is 0 Å². The first-order valence-electron chi connectivity index (χ1n) is 10.9. The van der Waals surface area contributed by atoms with E-state index in [0.29, 0.717) is 47.2 Å². The van der Waals surface area contributed by atoms with Gasteiger partial charge in [0.25, 0.3) is 5.91 Å². The van der Waals surface area contributed by atoms with Gasteiger partial charge in [-0.3, -0.25) is 9.59 Å². The van der Waals surface area contributed by atoms with Crippen LogP contribution >= 0.6 is 0 Å². The maximum Gasteiger partial charge on any atom is 0.323 e. The highest BCUT2D eigenvalue weighted by Crippen LogP contribution is 2.38. The molecular formula is C25H26N4O5. The molecule has 2 aromatic heterocycles. The number of hydrogen-bond donors (Lipinski definition) is 4. The van der Waals surface area contributed by atoms with Crippen LogP contribution in [0.15, 0.2) is 59.4 Å². The molecule has 34 heavy (non-hydrogen) atoms. The summed E-state index contributed by atoms with van der Waals surface area (Å²) in [7, 11) is 2.89. The third kappa shape index (κ3) is 4.65. The number of phenolic OH excluding ortho intramolecular Hbond substituents is 1. The minimum atomic E-state index is -0.602. The third-order valence-corrected chi connectivity index (χ3v) is 5.66. The predicted molar refractivity (Wildman–Crippen MR) is 127 cm³/mol. The molecule has 1 amide bonds. The van der Waals surface area contributed by atoms with E-state index in [4.69, 9.17) is 9.15 Å². The first kappa shape index (κ1) is 23.1. The van der Waals surface area contributed by atoms with Gasteiger partial charge in [-0.05, 0) is 18.6 Å². The lowest BCUT2D eigenvalue weighted by Gasteiger charge is -2.16. The number of phenols is 1. The Morgan fingerprint density at radius 2 is 2.00 bits per heavy atom. The van der Waals surface area contributed by atoms with Gasteiger partial charge >= 0.3 is 5.97 Å². The highest BCUT2D eigenvalue weighted by molar-refractivity contribution is 6.12. The number of fused-ring (bicyclic) bond motifs is 1. The number of methoxy groups -OCH3 is 1. The molecule has 4 rings (SSSR count). The SMILES string of the molecule is CNC(=O)c1c(-c2ccccc2)oc2ccc(O)c(CCN[C@@H](Cc3cnc[nH]3)C(=O)OC)c12. The quantitative estimate of drug-likeness (QED) is 0.282. The monoisotopic (exact) mass is 462 g/mol. The topological polar surface area (TPSA) is 129 Å². The number of aromatic nitrogens is 2. The van der Waals surface area contributed by atoms with Crippen molar-refractivity contribution in [3.05, 3.63) is 71.8 Å². The summed E-state index contributed by atoms with van der Waals surface area (Å²) in [5.41, 5.74) is 2.95. The molecule has 0 saturated heterocycles. The molecular weight excluding hydrogens is 436 g/mol. The summed E-state index contributed by atoms with van der Waals surface area (Å²) >= 11 is 0. The van der Waals surface area contributed by atoms with Crippen molar-refractivity contribution in [2.45, 2.75) is 18.9 Å². The molecule has 0 bridgehead atoms. The normalized spacial score (nSPS) is 11.9. The van der Waals surface area contributed by atoms with Crippen LogP contribution in [-0.4, -0.2) is 53.7 Å². The number of esters is 1. The number of carbonyl (C=O) groups excluding carboxylic acids is 2. The molecule has 0 aliphatic carbocycles. The summed E-state index contributed by atoms with van der Waals surface area (Å²) in [6, 6.07) is 11.9. The molecule has 2 heterocycles. The molecule has 0 fully saturated rings. The number of amides is 1. The summed E-state index contributed by atoms with van der Waals surface area (Å²) in [6.07, 6.45) is 3.91. The van der Waals surface area contributed by atoms with Gasteiger partial charge in [-0.2, -0.15) is 0 Å².